The van der Waals surface area contributed by atoms with Gasteiger partial charge in [0.15, 0.2) is 0 Å². The zero-order valence-corrected chi connectivity index (χ0v) is 25.3. The molecule has 0 fully saturated rings. The number of amides is 3. The second kappa shape index (κ2) is 11.2. The highest BCUT2D eigenvalue weighted by molar-refractivity contribution is 6.06. The highest BCUT2D eigenvalue weighted by Crippen LogP contribution is 2.38. The first-order valence-electron chi connectivity index (χ1n) is 14.8. The topological polar surface area (TPSA) is 106 Å². The molecule has 0 radical (unpaired) electrons. The first-order chi connectivity index (χ1) is 21.0. The average molecular weight is 593 g/mol. The van der Waals surface area contributed by atoms with Gasteiger partial charge in [0.2, 0.25) is 0 Å². The monoisotopic (exact) mass is 592 g/mol. The Morgan fingerprint density at radius 2 is 1.61 bits per heavy atom. The Bertz CT molecular complexity index is 1780. The number of carboxylic acid groups (broad SMARTS) is 1. The lowest BCUT2D eigenvalue weighted by molar-refractivity contribution is 0.0658. The van der Waals surface area contributed by atoms with Crippen LogP contribution in [-0.4, -0.2) is 62.1 Å². The molecule has 0 saturated heterocycles. The Labute approximate surface area is 256 Å². The number of hydrogen-bond donors (Lipinski definition) is 2. The number of carbonyl (C=O) groups excluding carboxylic acids is 2. The van der Waals surface area contributed by atoms with E-state index in [4.69, 9.17) is 0 Å². The summed E-state index contributed by atoms with van der Waals surface area (Å²) < 4.78 is 1.87. The molecule has 2 aliphatic heterocycles. The van der Waals surface area contributed by atoms with Gasteiger partial charge in [-0.25, -0.2) is 4.79 Å². The fraction of sp³-hybridized carbons (Fsp3) is 0.286. The van der Waals surface area contributed by atoms with Crippen molar-refractivity contribution in [1.82, 2.24) is 14.4 Å². The van der Waals surface area contributed by atoms with E-state index in [-0.39, 0.29) is 23.6 Å². The average Bonchev–Trinajstić information content (AvgIpc) is 3.32. The van der Waals surface area contributed by atoms with E-state index in [2.05, 4.69) is 19.1 Å². The molecular weight excluding hydrogens is 556 g/mol. The molecule has 0 saturated carbocycles. The van der Waals surface area contributed by atoms with E-state index in [0.717, 1.165) is 23.1 Å². The SMILES string of the molecule is Cc1c(C(=O)N(C)c2ccc(O)cc2)cc(C2c3cc(C(=O)N4Cc5ccccc5C[C@H]4C)ccc3CCN2C(=O)O)n1C. The normalized spacial score (nSPS) is 17.5. The van der Waals surface area contributed by atoms with E-state index in [0.29, 0.717) is 47.7 Å². The molecule has 6 rings (SSSR count). The number of fused-ring (bicyclic) bond motifs is 2. The molecule has 2 aliphatic rings. The van der Waals surface area contributed by atoms with Crippen molar-refractivity contribution in [1.29, 1.82) is 0 Å². The number of carbonyl (C=O) groups is 3. The van der Waals surface area contributed by atoms with Gasteiger partial charge in [0.1, 0.15) is 11.8 Å². The number of phenols is 1. The Balaban J connectivity index is 1.38. The van der Waals surface area contributed by atoms with Gasteiger partial charge < -0.3 is 24.6 Å². The summed E-state index contributed by atoms with van der Waals surface area (Å²) in [5, 5.41) is 20.0. The molecule has 2 N–H and O–H groups in total. The fourth-order valence-corrected chi connectivity index (χ4v) is 6.57. The Hall–Kier alpha value is -5.05. The first kappa shape index (κ1) is 29.0. The molecule has 9 nitrogen and oxygen atoms in total. The van der Waals surface area contributed by atoms with E-state index in [9.17, 15) is 24.6 Å². The number of nitrogens with zero attached hydrogens (tertiary/aromatic N) is 4. The van der Waals surface area contributed by atoms with Crippen LogP contribution in [-0.2, 0) is 26.4 Å². The van der Waals surface area contributed by atoms with Crippen molar-refractivity contribution in [3.05, 3.63) is 118 Å². The third kappa shape index (κ3) is 4.98. The molecule has 0 spiro atoms. The summed E-state index contributed by atoms with van der Waals surface area (Å²) in [5.74, 6) is -0.235. The van der Waals surface area contributed by atoms with Crippen LogP contribution >= 0.6 is 0 Å². The van der Waals surface area contributed by atoms with Gasteiger partial charge in [0.25, 0.3) is 11.8 Å². The van der Waals surface area contributed by atoms with Gasteiger partial charge in [-0.05, 0) is 91.4 Å². The zero-order chi connectivity index (χ0) is 31.3. The van der Waals surface area contributed by atoms with Crippen LogP contribution in [0.25, 0.3) is 0 Å². The second-order valence-electron chi connectivity index (χ2n) is 11.8. The minimum atomic E-state index is -1.06. The van der Waals surface area contributed by atoms with Crippen LogP contribution in [0.4, 0.5) is 10.5 Å². The summed E-state index contributed by atoms with van der Waals surface area (Å²) in [4.78, 5) is 45.0. The van der Waals surface area contributed by atoms with Gasteiger partial charge in [0, 0.05) is 55.9 Å². The van der Waals surface area contributed by atoms with Crippen molar-refractivity contribution in [2.75, 3.05) is 18.5 Å². The lowest BCUT2D eigenvalue weighted by Gasteiger charge is -2.37. The van der Waals surface area contributed by atoms with E-state index in [1.54, 1.807) is 25.2 Å². The quantitative estimate of drug-likeness (QED) is 0.324. The van der Waals surface area contributed by atoms with Crippen molar-refractivity contribution in [2.24, 2.45) is 7.05 Å². The zero-order valence-electron chi connectivity index (χ0n) is 25.3. The van der Waals surface area contributed by atoms with Crippen LogP contribution in [0.2, 0.25) is 0 Å². The fourth-order valence-electron chi connectivity index (χ4n) is 6.57. The summed E-state index contributed by atoms with van der Waals surface area (Å²) in [6, 6.07) is 21.3. The second-order valence-corrected chi connectivity index (χ2v) is 11.8. The lowest BCUT2D eigenvalue weighted by Crippen LogP contribution is -2.43. The molecule has 3 amide bonds. The molecule has 0 aliphatic carbocycles. The molecule has 0 bridgehead atoms. The number of anilines is 1. The molecular formula is C35H36N4O5. The Morgan fingerprint density at radius 3 is 2.32 bits per heavy atom. The molecule has 2 atom stereocenters. The highest BCUT2D eigenvalue weighted by atomic mass is 16.4. The minimum absolute atomic E-state index is 0.0226. The molecule has 1 aromatic heterocycles. The summed E-state index contributed by atoms with van der Waals surface area (Å²) >= 11 is 0. The van der Waals surface area contributed by atoms with E-state index in [1.165, 1.54) is 27.5 Å². The molecule has 4 aromatic rings. The third-order valence-corrected chi connectivity index (χ3v) is 9.26. The van der Waals surface area contributed by atoms with Gasteiger partial charge in [-0.3, -0.25) is 14.5 Å². The van der Waals surface area contributed by atoms with E-state index < -0.39 is 12.1 Å². The maximum atomic E-state index is 13.9. The van der Waals surface area contributed by atoms with Crippen LogP contribution < -0.4 is 4.90 Å². The van der Waals surface area contributed by atoms with Crippen LogP contribution in [0, 0.1) is 6.92 Å². The number of hydrogen-bond acceptors (Lipinski definition) is 4. The first-order valence-corrected chi connectivity index (χ1v) is 14.8. The van der Waals surface area contributed by atoms with Crippen LogP contribution in [0.1, 0.15) is 67.3 Å². The number of phenolic OH excluding ortho intramolecular Hbond substituents is 1. The van der Waals surface area contributed by atoms with Crippen molar-refractivity contribution >= 4 is 23.6 Å². The number of aromatic hydroxyl groups is 1. The van der Waals surface area contributed by atoms with Gasteiger partial charge >= 0.3 is 6.09 Å². The molecule has 3 heterocycles. The van der Waals surface area contributed by atoms with E-state index >= 15 is 0 Å². The van der Waals surface area contributed by atoms with Crippen LogP contribution in [0.3, 0.4) is 0 Å². The van der Waals surface area contributed by atoms with Crippen molar-refractivity contribution < 1.29 is 24.6 Å². The number of benzene rings is 3. The smallest absolute Gasteiger partial charge is 0.408 e. The van der Waals surface area contributed by atoms with Crippen molar-refractivity contribution in [3.8, 4) is 5.75 Å². The predicted octanol–water partition coefficient (Wildman–Crippen LogP) is 5.53. The molecule has 44 heavy (non-hydrogen) atoms. The van der Waals surface area contributed by atoms with Crippen LogP contribution in [0.15, 0.2) is 72.8 Å². The van der Waals surface area contributed by atoms with Gasteiger partial charge in [0.05, 0.1) is 5.56 Å². The summed E-state index contributed by atoms with van der Waals surface area (Å²) in [6.45, 7) is 4.71. The third-order valence-electron chi connectivity index (χ3n) is 9.26. The van der Waals surface area contributed by atoms with Gasteiger partial charge in [-0.2, -0.15) is 0 Å². The number of aromatic nitrogens is 1. The lowest BCUT2D eigenvalue weighted by atomic mass is 9.88. The number of rotatable bonds is 4. The largest absolute Gasteiger partial charge is 0.508 e. The molecule has 226 valence electrons. The van der Waals surface area contributed by atoms with Gasteiger partial charge in [-0.1, -0.05) is 30.3 Å². The standard InChI is InChI=1S/C35H36N4O5/c1-21-17-24-7-5-6-8-26(24)20-39(21)33(41)25-10-9-23-15-16-38(35(43)44)32(30(23)18-25)31-19-29(22(2)36(31)3)34(42)37(4)27-11-13-28(40)14-12-27/h5-14,18-19,21,32,40H,15-17,20H2,1-4H3,(H,43,44)/t21-,32?/m1/s1. The molecule has 9 heteroatoms. The summed E-state index contributed by atoms with van der Waals surface area (Å²) in [7, 11) is 3.50. The predicted molar refractivity (Wildman–Crippen MR) is 167 cm³/mol. The highest BCUT2D eigenvalue weighted by Gasteiger charge is 2.36. The molecule has 3 aromatic carbocycles. The van der Waals surface area contributed by atoms with Crippen LogP contribution in [0.5, 0.6) is 5.75 Å². The summed E-state index contributed by atoms with van der Waals surface area (Å²) in [6.07, 6.45) is 0.241. The minimum Gasteiger partial charge on any atom is -0.508 e. The van der Waals surface area contributed by atoms with Gasteiger partial charge in [-0.15, -0.1) is 0 Å². The maximum Gasteiger partial charge on any atom is 0.408 e. The molecule has 1 unspecified atom stereocenters. The van der Waals surface area contributed by atoms with Crippen molar-refractivity contribution in [3.63, 3.8) is 0 Å². The summed E-state index contributed by atoms with van der Waals surface area (Å²) in [5.41, 5.74) is 7.05. The Morgan fingerprint density at radius 1 is 0.909 bits per heavy atom. The Kier molecular flexibility index (Phi) is 7.41. The maximum absolute atomic E-state index is 13.9. The van der Waals surface area contributed by atoms with Crippen molar-refractivity contribution in [2.45, 2.75) is 45.3 Å². The van der Waals surface area contributed by atoms with E-state index in [1.807, 2.05) is 53.8 Å².